The molecule has 0 aromatic heterocycles. The Labute approximate surface area is 232 Å². The molecule has 1 heterocycles. The summed E-state index contributed by atoms with van der Waals surface area (Å²) in [5.41, 5.74) is -0.367. The van der Waals surface area contributed by atoms with Gasteiger partial charge in [-0.25, -0.2) is 0 Å². The topological polar surface area (TPSA) is 51.2 Å². The second-order valence-electron chi connectivity index (χ2n) is 15.5. The van der Waals surface area contributed by atoms with Crippen molar-refractivity contribution in [1.29, 1.82) is 0 Å². The van der Waals surface area contributed by atoms with Gasteiger partial charge in [-0.05, 0) is 80.1 Å². The molecule has 0 amide bonds. The molecule has 1 aliphatic heterocycles. The molecule has 216 valence electrons. The van der Waals surface area contributed by atoms with E-state index in [1.165, 1.54) is 31.4 Å². The molecule has 2 aliphatic carbocycles. The number of hydrogen-bond donors (Lipinski definition) is 1. The Morgan fingerprint density at radius 1 is 1.08 bits per heavy atom. The second kappa shape index (κ2) is 11.4. The van der Waals surface area contributed by atoms with Gasteiger partial charge in [0.05, 0.1) is 18.0 Å². The van der Waals surface area contributed by atoms with Gasteiger partial charge in [0, 0.05) is 11.8 Å². The van der Waals surface area contributed by atoms with Crippen molar-refractivity contribution in [3.05, 3.63) is 11.8 Å². The molecular formula is C31H60O4Si2. The Balaban J connectivity index is 2.09. The Morgan fingerprint density at radius 3 is 2.22 bits per heavy atom. The van der Waals surface area contributed by atoms with Crippen LogP contribution in [-0.4, -0.2) is 47.1 Å². The smallest absolute Gasteiger partial charge is 0.229 e. The SMILES string of the molecule is CCCC[C@H](C)C[C@@H](C=C(O[SiH](C)C)[C@H]1[C@H](C(C)(C)C)C[C@@]2(O[SiH](C)C)C3OC3(CO)C[C@@H]12)C(C)(C)C. The molecule has 3 fully saturated rings. The van der Waals surface area contributed by atoms with E-state index in [4.69, 9.17) is 13.6 Å². The van der Waals surface area contributed by atoms with Gasteiger partial charge in [0.25, 0.3) is 0 Å². The van der Waals surface area contributed by atoms with Crippen molar-refractivity contribution in [2.75, 3.05) is 6.61 Å². The number of fused-ring (bicyclic) bond motifs is 3. The van der Waals surface area contributed by atoms with E-state index in [0.29, 0.717) is 29.6 Å². The van der Waals surface area contributed by atoms with E-state index in [2.05, 4.69) is 87.7 Å². The fraction of sp³-hybridized carbons (Fsp3) is 0.935. The lowest BCUT2D eigenvalue weighted by Gasteiger charge is -2.39. The van der Waals surface area contributed by atoms with Crippen LogP contribution in [0.3, 0.4) is 0 Å². The van der Waals surface area contributed by atoms with Gasteiger partial charge in [0.2, 0.25) is 9.04 Å². The van der Waals surface area contributed by atoms with E-state index in [1.807, 2.05) is 0 Å². The molecule has 37 heavy (non-hydrogen) atoms. The normalized spacial score (nSPS) is 35.6. The maximum atomic E-state index is 10.4. The van der Waals surface area contributed by atoms with Crippen molar-refractivity contribution in [3.8, 4) is 0 Å². The van der Waals surface area contributed by atoms with Crippen molar-refractivity contribution in [1.82, 2.24) is 0 Å². The summed E-state index contributed by atoms with van der Waals surface area (Å²) in [4.78, 5) is 0. The van der Waals surface area contributed by atoms with Crippen LogP contribution in [0.15, 0.2) is 11.8 Å². The van der Waals surface area contributed by atoms with Crippen LogP contribution in [0.4, 0.5) is 0 Å². The zero-order valence-electron chi connectivity index (χ0n) is 26.3. The third-order valence-corrected chi connectivity index (χ3v) is 11.2. The van der Waals surface area contributed by atoms with Crippen LogP contribution in [-0.2, 0) is 13.6 Å². The average Bonchev–Trinajstić information content (AvgIpc) is 3.30. The van der Waals surface area contributed by atoms with E-state index in [-0.39, 0.29) is 29.1 Å². The van der Waals surface area contributed by atoms with Crippen LogP contribution < -0.4 is 0 Å². The Bertz CT molecular complexity index is 798. The molecule has 6 heteroatoms. The van der Waals surface area contributed by atoms with Gasteiger partial charge < -0.3 is 18.7 Å². The minimum absolute atomic E-state index is 0.0322. The summed E-state index contributed by atoms with van der Waals surface area (Å²) in [5.74, 6) is 3.55. The number of unbranched alkanes of at least 4 members (excludes halogenated alkanes) is 1. The van der Waals surface area contributed by atoms with E-state index in [1.54, 1.807) is 0 Å². The average molecular weight is 553 g/mol. The zero-order chi connectivity index (χ0) is 28.0. The maximum Gasteiger partial charge on any atom is 0.229 e. The van der Waals surface area contributed by atoms with Crippen molar-refractivity contribution in [3.63, 3.8) is 0 Å². The van der Waals surface area contributed by atoms with Crippen molar-refractivity contribution < 1.29 is 18.7 Å². The molecule has 1 saturated heterocycles. The number of aliphatic hydroxyl groups excluding tert-OH is 1. The molecule has 1 N–H and O–H groups in total. The molecule has 8 atom stereocenters. The monoisotopic (exact) mass is 552 g/mol. The highest BCUT2D eigenvalue weighted by atomic mass is 28.3. The van der Waals surface area contributed by atoms with E-state index in [0.717, 1.165) is 12.8 Å². The van der Waals surface area contributed by atoms with Crippen LogP contribution in [0, 0.1) is 40.4 Å². The summed E-state index contributed by atoms with van der Waals surface area (Å²) in [5, 5.41) is 10.4. The second-order valence-corrected chi connectivity index (χ2v) is 20.2. The van der Waals surface area contributed by atoms with Gasteiger partial charge in [-0.1, -0.05) is 74.7 Å². The quantitative estimate of drug-likeness (QED) is 0.157. The first kappa shape index (κ1) is 31.4. The number of hydrogen-bond acceptors (Lipinski definition) is 4. The van der Waals surface area contributed by atoms with Crippen molar-refractivity contribution in [2.24, 2.45) is 40.4 Å². The van der Waals surface area contributed by atoms with Gasteiger partial charge in [0.1, 0.15) is 11.7 Å². The van der Waals surface area contributed by atoms with Gasteiger partial charge >= 0.3 is 0 Å². The van der Waals surface area contributed by atoms with Crippen molar-refractivity contribution in [2.45, 2.75) is 137 Å². The standard InChI is InChI=1S/C31H60O4Si2/c1-13-14-15-21(2)16-22(28(3,4)5)17-25(34-36(9)10)26-23(29(6,7)8)19-31(35-37(11)12)24(26)18-30(20-32)27(31)33-30/h17,21-24,26-27,32,36-37H,13-16,18-20H2,1-12H3/t21-,22-,23+,24-,26-,27?,30?,31-/m0/s1. The molecular weight excluding hydrogens is 493 g/mol. The highest BCUT2D eigenvalue weighted by Crippen LogP contribution is 2.70. The summed E-state index contributed by atoms with van der Waals surface area (Å²) >= 11 is 0. The summed E-state index contributed by atoms with van der Waals surface area (Å²) in [7, 11) is -2.66. The Morgan fingerprint density at radius 2 is 1.73 bits per heavy atom. The minimum atomic E-state index is -1.33. The summed E-state index contributed by atoms with van der Waals surface area (Å²) in [6.07, 6.45) is 9.60. The van der Waals surface area contributed by atoms with E-state index >= 15 is 0 Å². The van der Waals surface area contributed by atoms with Crippen LogP contribution in [0.1, 0.15) is 93.9 Å². The molecule has 3 rings (SSSR count). The fourth-order valence-electron chi connectivity index (χ4n) is 7.62. The first-order valence-corrected chi connectivity index (χ1v) is 20.9. The zero-order valence-corrected chi connectivity index (χ0v) is 28.6. The van der Waals surface area contributed by atoms with Crippen LogP contribution >= 0.6 is 0 Å². The molecule has 2 saturated carbocycles. The number of epoxide rings is 1. The third-order valence-electron chi connectivity index (χ3n) is 9.54. The van der Waals surface area contributed by atoms with Crippen LogP contribution in [0.25, 0.3) is 0 Å². The number of rotatable bonds is 12. The van der Waals surface area contributed by atoms with Gasteiger partial charge in [-0.15, -0.1) is 0 Å². The summed E-state index contributed by atoms with van der Waals surface area (Å²) in [6.45, 7) is 28.4. The van der Waals surface area contributed by atoms with Gasteiger partial charge in [0.15, 0.2) is 9.04 Å². The number of ether oxygens (including phenoxy) is 1. The molecule has 2 unspecified atom stereocenters. The van der Waals surface area contributed by atoms with Crippen LogP contribution in [0.2, 0.25) is 26.2 Å². The van der Waals surface area contributed by atoms with E-state index in [9.17, 15) is 5.11 Å². The molecule has 0 aromatic carbocycles. The molecule has 4 nitrogen and oxygen atoms in total. The first-order chi connectivity index (χ1) is 17.0. The Kier molecular flexibility index (Phi) is 9.66. The lowest BCUT2D eigenvalue weighted by atomic mass is 9.69. The van der Waals surface area contributed by atoms with Gasteiger partial charge in [-0.3, -0.25) is 0 Å². The molecule has 0 bridgehead atoms. The molecule has 0 aromatic rings. The third kappa shape index (κ3) is 6.61. The van der Waals surface area contributed by atoms with Crippen LogP contribution in [0.5, 0.6) is 0 Å². The molecule has 0 radical (unpaired) electrons. The summed E-state index contributed by atoms with van der Waals surface area (Å²) < 4.78 is 20.3. The van der Waals surface area contributed by atoms with Gasteiger partial charge in [-0.2, -0.15) is 0 Å². The lowest BCUT2D eigenvalue weighted by molar-refractivity contribution is -0.0171. The Hall–Kier alpha value is -0.146. The number of aliphatic hydroxyl groups is 1. The lowest BCUT2D eigenvalue weighted by Crippen LogP contribution is -2.44. The largest absolute Gasteiger partial charge is 0.550 e. The highest BCUT2D eigenvalue weighted by Gasteiger charge is 2.79. The van der Waals surface area contributed by atoms with Crippen molar-refractivity contribution >= 4 is 18.1 Å². The molecule has 0 spiro atoms. The summed E-state index contributed by atoms with van der Waals surface area (Å²) in [6, 6.07) is 0. The fourth-order valence-corrected chi connectivity index (χ4v) is 9.67. The number of allylic oxidation sites excluding steroid dienone is 2. The first-order valence-electron chi connectivity index (χ1n) is 15.4. The highest BCUT2D eigenvalue weighted by molar-refractivity contribution is 6.49. The van der Waals surface area contributed by atoms with E-state index < -0.39 is 23.7 Å². The molecule has 3 aliphatic rings. The predicted octanol–water partition coefficient (Wildman–Crippen LogP) is 7.32. The maximum absolute atomic E-state index is 10.4. The minimum Gasteiger partial charge on any atom is -0.550 e. The predicted molar refractivity (Wildman–Crippen MR) is 161 cm³/mol.